The van der Waals surface area contributed by atoms with Gasteiger partial charge in [0.15, 0.2) is 0 Å². The van der Waals surface area contributed by atoms with E-state index in [4.69, 9.17) is 4.42 Å². The second-order valence-electron chi connectivity index (χ2n) is 6.96. The SMILES string of the molecule is O=C(CCc1csc(-c2ccncc2)n1)NCC(c1ccco1)N1CCCC1. The van der Waals surface area contributed by atoms with Crippen LogP contribution in [0.1, 0.15) is 36.8 Å². The molecule has 1 unspecified atom stereocenters. The van der Waals surface area contributed by atoms with Crippen molar-refractivity contribution in [2.45, 2.75) is 31.7 Å². The molecule has 6 nitrogen and oxygen atoms in total. The largest absolute Gasteiger partial charge is 0.468 e. The van der Waals surface area contributed by atoms with E-state index in [1.807, 2.05) is 29.6 Å². The van der Waals surface area contributed by atoms with E-state index in [2.05, 4.69) is 20.2 Å². The van der Waals surface area contributed by atoms with E-state index in [1.165, 1.54) is 12.8 Å². The summed E-state index contributed by atoms with van der Waals surface area (Å²) in [6.07, 6.45) is 8.71. The summed E-state index contributed by atoms with van der Waals surface area (Å²) in [5, 5.41) is 6.07. The van der Waals surface area contributed by atoms with Gasteiger partial charge in [0.2, 0.25) is 5.91 Å². The average molecular weight is 397 g/mol. The minimum atomic E-state index is 0.0502. The maximum absolute atomic E-state index is 12.4. The van der Waals surface area contributed by atoms with Crippen LogP contribution in [0.3, 0.4) is 0 Å². The first-order valence-corrected chi connectivity index (χ1v) is 10.6. The number of nitrogens with zero attached hydrogens (tertiary/aromatic N) is 3. The van der Waals surface area contributed by atoms with Crippen LogP contribution in [0, 0.1) is 0 Å². The molecule has 146 valence electrons. The summed E-state index contributed by atoms with van der Waals surface area (Å²) in [7, 11) is 0. The topological polar surface area (TPSA) is 71.3 Å². The van der Waals surface area contributed by atoms with Gasteiger partial charge < -0.3 is 9.73 Å². The van der Waals surface area contributed by atoms with Gasteiger partial charge in [0.25, 0.3) is 0 Å². The van der Waals surface area contributed by atoms with Crippen molar-refractivity contribution in [1.82, 2.24) is 20.2 Å². The van der Waals surface area contributed by atoms with Crippen molar-refractivity contribution in [3.8, 4) is 10.6 Å². The molecule has 1 saturated heterocycles. The van der Waals surface area contributed by atoms with Crippen LogP contribution in [-0.4, -0.2) is 40.4 Å². The number of rotatable bonds is 8. The standard InChI is InChI=1S/C21H24N4O2S/c26-20(6-5-17-15-28-21(24-17)16-7-9-22-10-8-16)23-14-18(19-4-3-13-27-19)25-11-1-2-12-25/h3-4,7-10,13,15,18H,1-2,5-6,11-12,14H2,(H,23,26). The lowest BCUT2D eigenvalue weighted by atomic mass is 10.2. The molecule has 3 aromatic heterocycles. The summed E-state index contributed by atoms with van der Waals surface area (Å²) in [4.78, 5) is 23.5. The molecule has 1 aliphatic heterocycles. The number of hydrogen-bond acceptors (Lipinski definition) is 6. The highest BCUT2D eigenvalue weighted by Crippen LogP contribution is 2.25. The molecule has 1 N–H and O–H groups in total. The van der Waals surface area contributed by atoms with Crippen LogP contribution in [0.2, 0.25) is 0 Å². The van der Waals surface area contributed by atoms with E-state index >= 15 is 0 Å². The number of pyridine rings is 1. The van der Waals surface area contributed by atoms with Crippen LogP contribution in [0.4, 0.5) is 0 Å². The number of amides is 1. The molecule has 28 heavy (non-hydrogen) atoms. The van der Waals surface area contributed by atoms with Gasteiger partial charge in [0.1, 0.15) is 10.8 Å². The smallest absolute Gasteiger partial charge is 0.220 e. The lowest BCUT2D eigenvalue weighted by Crippen LogP contribution is -2.36. The fraction of sp³-hybridized carbons (Fsp3) is 0.381. The Bertz CT molecular complexity index is 873. The van der Waals surface area contributed by atoms with Crippen LogP contribution in [0.25, 0.3) is 10.6 Å². The van der Waals surface area contributed by atoms with Gasteiger partial charge in [0, 0.05) is 36.3 Å². The number of hydrogen-bond donors (Lipinski definition) is 1. The fourth-order valence-corrected chi connectivity index (χ4v) is 4.39. The quantitative estimate of drug-likeness (QED) is 0.629. The van der Waals surface area contributed by atoms with Crippen molar-refractivity contribution < 1.29 is 9.21 Å². The molecule has 0 bridgehead atoms. The maximum atomic E-state index is 12.4. The van der Waals surface area contributed by atoms with Crippen molar-refractivity contribution >= 4 is 17.2 Å². The first kappa shape index (κ1) is 18.8. The highest BCUT2D eigenvalue weighted by atomic mass is 32.1. The summed E-state index contributed by atoms with van der Waals surface area (Å²) in [5.74, 6) is 0.970. The van der Waals surface area contributed by atoms with E-state index in [1.54, 1.807) is 30.0 Å². The number of likely N-dealkylation sites (tertiary alicyclic amines) is 1. The van der Waals surface area contributed by atoms with Crippen molar-refractivity contribution in [2.75, 3.05) is 19.6 Å². The lowest BCUT2D eigenvalue weighted by molar-refractivity contribution is -0.121. The maximum Gasteiger partial charge on any atom is 0.220 e. The predicted molar refractivity (Wildman–Crippen MR) is 109 cm³/mol. The Morgan fingerprint density at radius 1 is 1.25 bits per heavy atom. The number of aromatic nitrogens is 2. The molecule has 0 radical (unpaired) electrons. The van der Waals surface area contributed by atoms with Crippen LogP contribution in [0.5, 0.6) is 0 Å². The number of furan rings is 1. The summed E-state index contributed by atoms with van der Waals surface area (Å²) in [5.41, 5.74) is 2.01. The van der Waals surface area contributed by atoms with Crippen molar-refractivity contribution in [2.24, 2.45) is 0 Å². The second-order valence-corrected chi connectivity index (χ2v) is 7.82. The molecule has 1 amide bonds. The molecule has 0 aliphatic carbocycles. The Kier molecular flexibility index (Phi) is 6.14. The van der Waals surface area contributed by atoms with E-state index in [9.17, 15) is 4.79 Å². The molecule has 4 rings (SSSR count). The molecular weight excluding hydrogens is 372 g/mol. The van der Waals surface area contributed by atoms with Gasteiger partial charge >= 0.3 is 0 Å². The Balaban J connectivity index is 1.29. The zero-order chi connectivity index (χ0) is 19.2. The summed E-state index contributed by atoms with van der Waals surface area (Å²) in [6.45, 7) is 2.68. The first-order chi connectivity index (χ1) is 13.8. The van der Waals surface area contributed by atoms with Crippen molar-refractivity contribution in [3.63, 3.8) is 0 Å². The van der Waals surface area contributed by atoms with E-state index < -0.39 is 0 Å². The molecule has 7 heteroatoms. The van der Waals surface area contributed by atoms with Gasteiger partial charge in [-0.05, 0) is 56.6 Å². The van der Waals surface area contributed by atoms with Gasteiger partial charge in [-0.1, -0.05) is 0 Å². The second kappa shape index (κ2) is 9.12. The molecule has 0 saturated carbocycles. The minimum Gasteiger partial charge on any atom is -0.468 e. The third kappa shape index (κ3) is 4.66. The lowest BCUT2D eigenvalue weighted by Gasteiger charge is -2.26. The van der Waals surface area contributed by atoms with Gasteiger partial charge in [-0.15, -0.1) is 11.3 Å². The summed E-state index contributed by atoms with van der Waals surface area (Å²) < 4.78 is 5.61. The van der Waals surface area contributed by atoms with Crippen LogP contribution in [0.15, 0.2) is 52.7 Å². The summed E-state index contributed by atoms with van der Waals surface area (Å²) in [6, 6.07) is 7.90. The third-order valence-corrected chi connectivity index (χ3v) is 5.97. The van der Waals surface area contributed by atoms with Gasteiger partial charge in [-0.2, -0.15) is 0 Å². The van der Waals surface area contributed by atoms with Crippen LogP contribution < -0.4 is 5.32 Å². The zero-order valence-corrected chi connectivity index (χ0v) is 16.5. The Hall–Kier alpha value is -2.51. The van der Waals surface area contributed by atoms with Gasteiger partial charge in [0.05, 0.1) is 18.0 Å². The monoisotopic (exact) mass is 396 g/mol. The normalized spacial score (nSPS) is 15.6. The molecule has 1 fully saturated rings. The zero-order valence-electron chi connectivity index (χ0n) is 15.7. The molecule has 1 aliphatic rings. The average Bonchev–Trinajstić information content (AvgIpc) is 3.50. The third-order valence-electron chi connectivity index (χ3n) is 5.03. The summed E-state index contributed by atoms with van der Waals surface area (Å²) >= 11 is 1.60. The molecule has 1 atom stereocenters. The molecule has 4 heterocycles. The van der Waals surface area contributed by atoms with Crippen LogP contribution in [-0.2, 0) is 11.2 Å². The highest BCUT2D eigenvalue weighted by molar-refractivity contribution is 7.13. The minimum absolute atomic E-state index is 0.0502. The molecule has 3 aromatic rings. The molecule has 0 spiro atoms. The fourth-order valence-electron chi connectivity index (χ4n) is 3.53. The van der Waals surface area contributed by atoms with Crippen molar-refractivity contribution in [3.05, 3.63) is 59.8 Å². The number of aryl methyl sites for hydroxylation is 1. The van der Waals surface area contributed by atoms with E-state index in [0.717, 1.165) is 35.1 Å². The molecular formula is C21H24N4O2S. The molecule has 0 aromatic carbocycles. The number of carbonyl (C=O) groups is 1. The van der Waals surface area contributed by atoms with E-state index in [0.29, 0.717) is 19.4 Å². The highest BCUT2D eigenvalue weighted by Gasteiger charge is 2.25. The van der Waals surface area contributed by atoms with Gasteiger partial charge in [-0.25, -0.2) is 4.98 Å². The first-order valence-electron chi connectivity index (χ1n) is 9.68. The Labute approximate surface area is 168 Å². The number of nitrogens with one attached hydrogen (secondary N) is 1. The van der Waals surface area contributed by atoms with E-state index in [-0.39, 0.29) is 11.9 Å². The predicted octanol–water partition coefficient (Wildman–Crippen LogP) is 3.68. The Morgan fingerprint density at radius 2 is 2.07 bits per heavy atom. The van der Waals surface area contributed by atoms with Gasteiger partial charge in [-0.3, -0.25) is 14.7 Å². The Morgan fingerprint density at radius 3 is 2.82 bits per heavy atom. The van der Waals surface area contributed by atoms with Crippen LogP contribution >= 0.6 is 11.3 Å². The van der Waals surface area contributed by atoms with Crippen molar-refractivity contribution in [1.29, 1.82) is 0 Å². The number of carbonyl (C=O) groups excluding carboxylic acids is 1. The number of thiazole rings is 1.